The fourth-order valence-corrected chi connectivity index (χ4v) is 0.214. The molecule has 0 unspecified atom stereocenters. The van der Waals surface area contributed by atoms with Crippen LogP contribution in [-0.4, -0.2) is 13.8 Å². The minimum absolute atomic E-state index is 0.728. The zero-order valence-corrected chi connectivity index (χ0v) is 5.94. The van der Waals surface area contributed by atoms with Crippen LogP contribution in [0, 0.1) is 6.42 Å². The lowest BCUT2D eigenvalue weighted by molar-refractivity contribution is 0.368. The van der Waals surface area contributed by atoms with Gasteiger partial charge in [0.1, 0.15) is 0 Å². The van der Waals surface area contributed by atoms with Crippen LogP contribution in [0.4, 0.5) is 17.3 Å². The number of allylic oxidation sites excluding steroid dienone is 1. The highest BCUT2D eigenvalue weighted by Crippen LogP contribution is 2.06. The van der Waals surface area contributed by atoms with Crippen LogP contribution in [0.3, 0.4) is 0 Å². The Kier molecular flexibility index (Phi) is 9.04. The van der Waals surface area contributed by atoms with Gasteiger partial charge >= 0.3 is 7.25 Å². The van der Waals surface area contributed by atoms with Gasteiger partial charge in [0.25, 0.3) is 0 Å². The number of unbranched alkanes of at least 4 members (excludes halogenated alkanes) is 1. The third-order valence-corrected chi connectivity index (χ3v) is 0.500. The van der Waals surface area contributed by atoms with Crippen LogP contribution in [0.1, 0.15) is 6.42 Å². The first-order chi connectivity index (χ1) is 4.91. The van der Waals surface area contributed by atoms with Gasteiger partial charge in [0, 0.05) is 0 Å². The average molecular weight is 171 g/mol. The van der Waals surface area contributed by atoms with E-state index in [1.807, 2.05) is 6.42 Å². The molecule has 0 aliphatic rings. The highest BCUT2D eigenvalue weighted by atomic mass is 19.5. The molecular formula is C5H10BF4N-. The van der Waals surface area contributed by atoms with Gasteiger partial charge < -0.3 is 23.0 Å². The summed E-state index contributed by atoms with van der Waals surface area (Å²) in [5.74, 6) is 0. The largest absolute Gasteiger partial charge is 0.673 e. The number of rotatable bonds is 3. The number of hydrogen-bond donors (Lipinski definition) is 1. The highest BCUT2D eigenvalue weighted by molar-refractivity contribution is 6.50. The summed E-state index contributed by atoms with van der Waals surface area (Å²) in [6.07, 6.45) is 4.65. The molecule has 1 radical (unpaired) electrons. The SMILES string of the molecule is C=C[CH]CCN.F[B-](F)(F)F. The van der Waals surface area contributed by atoms with Crippen molar-refractivity contribution in [3.05, 3.63) is 19.1 Å². The van der Waals surface area contributed by atoms with Crippen molar-refractivity contribution in [1.29, 1.82) is 0 Å². The Bertz CT molecular complexity index is 87.0. The molecule has 0 aromatic carbocycles. The summed E-state index contributed by atoms with van der Waals surface area (Å²) >= 11 is 0. The Balaban J connectivity index is 0. The summed E-state index contributed by atoms with van der Waals surface area (Å²) in [5, 5.41) is 0. The molecule has 0 aromatic heterocycles. The summed E-state index contributed by atoms with van der Waals surface area (Å²) in [5.41, 5.74) is 5.14. The molecule has 0 saturated heterocycles. The maximum Gasteiger partial charge on any atom is 0.673 e. The topological polar surface area (TPSA) is 26.0 Å². The van der Waals surface area contributed by atoms with Crippen molar-refractivity contribution in [2.24, 2.45) is 5.73 Å². The van der Waals surface area contributed by atoms with Crippen LogP contribution >= 0.6 is 0 Å². The second-order valence-electron chi connectivity index (χ2n) is 1.54. The second-order valence-corrected chi connectivity index (χ2v) is 1.54. The molecule has 0 atom stereocenters. The molecule has 0 spiro atoms. The van der Waals surface area contributed by atoms with Crippen molar-refractivity contribution >= 4 is 7.25 Å². The Morgan fingerprint density at radius 2 is 1.64 bits per heavy atom. The predicted octanol–water partition coefficient (Wildman–Crippen LogP) is 2.03. The normalized spacial score (nSPS) is 9.91. The van der Waals surface area contributed by atoms with Crippen molar-refractivity contribution in [1.82, 2.24) is 0 Å². The van der Waals surface area contributed by atoms with Crippen LogP contribution < -0.4 is 5.73 Å². The van der Waals surface area contributed by atoms with Gasteiger partial charge in [0.15, 0.2) is 0 Å². The van der Waals surface area contributed by atoms with Crippen molar-refractivity contribution in [3.63, 3.8) is 0 Å². The summed E-state index contributed by atoms with van der Waals surface area (Å²) in [4.78, 5) is 0. The minimum Gasteiger partial charge on any atom is -0.418 e. The summed E-state index contributed by atoms with van der Waals surface area (Å²) in [6.45, 7) is 4.22. The van der Waals surface area contributed by atoms with E-state index in [0.717, 1.165) is 13.0 Å². The van der Waals surface area contributed by atoms with Crippen LogP contribution in [0.25, 0.3) is 0 Å². The molecule has 0 fully saturated rings. The Morgan fingerprint density at radius 1 is 1.27 bits per heavy atom. The van der Waals surface area contributed by atoms with Crippen molar-refractivity contribution in [3.8, 4) is 0 Å². The standard InChI is InChI=1S/C5H10N.BF4/c1-2-3-4-5-6;2-1(3,4)5/h2-3H,1,4-6H2;/q;-1. The van der Waals surface area contributed by atoms with E-state index in [4.69, 9.17) is 5.73 Å². The molecule has 0 bridgehead atoms. The molecule has 0 aliphatic carbocycles. The van der Waals surface area contributed by atoms with E-state index in [0.29, 0.717) is 0 Å². The van der Waals surface area contributed by atoms with E-state index in [2.05, 4.69) is 6.58 Å². The maximum absolute atomic E-state index is 9.75. The Labute approximate surface area is 63.4 Å². The van der Waals surface area contributed by atoms with Gasteiger partial charge in [-0.15, -0.1) is 6.58 Å². The van der Waals surface area contributed by atoms with Gasteiger partial charge in [-0.1, -0.05) is 6.08 Å². The maximum atomic E-state index is 9.75. The third kappa shape index (κ3) is 86.1. The molecule has 67 valence electrons. The number of halogens is 4. The molecule has 0 amide bonds. The van der Waals surface area contributed by atoms with E-state index < -0.39 is 7.25 Å². The molecule has 0 heterocycles. The van der Waals surface area contributed by atoms with Crippen molar-refractivity contribution in [2.45, 2.75) is 6.42 Å². The molecular weight excluding hydrogens is 161 g/mol. The van der Waals surface area contributed by atoms with Gasteiger partial charge in [-0.2, -0.15) is 0 Å². The monoisotopic (exact) mass is 171 g/mol. The van der Waals surface area contributed by atoms with Crippen LogP contribution in [0.2, 0.25) is 0 Å². The first-order valence-electron chi connectivity index (χ1n) is 2.93. The fraction of sp³-hybridized carbons (Fsp3) is 0.400. The van der Waals surface area contributed by atoms with Gasteiger partial charge in [0.2, 0.25) is 0 Å². The van der Waals surface area contributed by atoms with Crippen molar-refractivity contribution in [2.75, 3.05) is 6.54 Å². The minimum atomic E-state index is -6.00. The lowest BCUT2D eigenvalue weighted by Gasteiger charge is -1.94. The van der Waals surface area contributed by atoms with Gasteiger partial charge in [0.05, 0.1) is 0 Å². The second kappa shape index (κ2) is 7.59. The Hall–Kier alpha value is -0.515. The highest BCUT2D eigenvalue weighted by Gasteiger charge is 2.20. The third-order valence-electron chi connectivity index (χ3n) is 0.500. The molecule has 0 saturated carbocycles. The van der Waals surface area contributed by atoms with Crippen LogP contribution in [0.15, 0.2) is 12.7 Å². The molecule has 11 heavy (non-hydrogen) atoms. The molecule has 0 aromatic rings. The van der Waals surface area contributed by atoms with Gasteiger partial charge in [-0.05, 0) is 19.4 Å². The summed E-state index contributed by atoms with van der Waals surface area (Å²) in [6, 6.07) is 0. The van der Waals surface area contributed by atoms with E-state index in [-0.39, 0.29) is 0 Å². The first-order valence-corrected chi connectivity index (χ1v) is 2.93. The van der Waals surface area contributed by atoms with Gasteiger partial charge in [-0.3, -0.25) is 0 Å². The van der Waals surface area contributed by atoms with Crippen LogP contribution in [-0.2, 0) is 0 Å². The molecule has 1 nitrogen and oxygen atoms in total. The Morgan fingerprint density at radius 3 is 1.73 bits per heavy atom. The smallest absolute Gasteiger partial charge is 0.418 e. The van der Waals surface area contributed by atoms with Crippen LogP contribution in [0.5, 0.6) is 0 Å². The van der Waals surface area contributed by atoms with Crippen molar-refractivity contribution < 1.29 is 17.3 Å². The molecule has 0 rings (SSSR count). The zero-order chi connectivity index (χ0) is 9.33. The molecule has 0 aliphatic heterocycles. The first kappa shape index (κ1) is 13.1. The average Bonchev–Trinajstić information content (AvgIpc) is 1.79. The zero-order valence-electron chi connectivity index (χ0n) is 5.94. The molecule has 2 N–H and O–H groups in total. The number of hydrogen-bond acceptors (Lipinski definition) is 1. The summed E-state index contributed by atoms with van der Waals surface area (Å²) in [7, 11) is -6.00. The predicted molar refractivity (Wildman–Crippen MR) is 38.4 cm³/mol. The van der Waals surface area contributed by atoms with E-state index >= 15 is 0 Å². The molecule has 6 heteroatoms. The quantitative estimate of drug-likeness (QED) is 0.392. The van der Waals surface area contributed by atoms with Gasteiger partial charge in [-0.25, -0.2) is 0 Å². The number of nitrogens with two attached hydrogens (primary N) is 1. The van der Waals surface area contributed by atoms with E-state index in [9.17, 15) is 17.3 Å². The lowest BCUT2D eigenvalue weighted by Crippen LogP contribution is -2.02. The lowest BCUT2D eigenvalue weighted by atomic mass is 10.3. The summed E-state index contributed by atoms with van der Waals surface area (Å²) < 4.78 is 39.0. The van der Waals surface area contributed by atoms with E-state index in [1.165, 1.54) is 0 Å². The van der Waals surface area contributed by atoms with E-state index in [1.54, 1.807) is 6.08 Å². The fourth-order valence-electron chi connectivity index (χ4n) is 0.214.